The van der Waals surface area contributed by atoms with Gasteiger partial charge in [-0.15, -0.1) is 0 Å². The lowest BCUT2D eigenvalue weighted by Crippen LogP contribution is -2.39. The topological polar surface area (TPSA) is 95.3 Å². The second kappa shape index (κ2) is 8.42. The van der Waals surface area contributed by atoms with E-state index in [-0.39, 0.29) is 6.04 Å². The average molecular weight is 423 g/mol. The number of hydrogen-bond acceptors (Lipinski definition) is 6. The number of nitrogens with zero attached hydrogens (tertiary/aromatic N) is 2. The fourth-order valence-electron chi connectivity index (χ4n) is 5.03. The number of aryl methyl sites for hydroxylation is 4. The van der Waals surface area contributed by atoms with Crippen LogP contribution in [-0.2, 0) is 36.7 Å². The smallest absolute Gasteiger partial charge is 0.328 e. The van der Waals surface area contributed by atoms with Crippen molar-refractivity contribution in [2.24, 2.45) is 12.8 Å². The molecule has 0 fully saturated rings. The van der Waals surface area contributed by atoms with Gasteiger partial charge in [-0.05, 0) is 60.9 Å². The molecule has 0 radical (unpaired) electrons. The number of fused-ring (bicyclic) bond motifs is 2. The van der Waals surface area contributed by atoms with Gasteiger partial charge in [-0.2, -0.15) is 15.2 Å². The van der Waals surface area contributed by atoms with E-state index < -0.39 is 11.2 Å². The molecular formula is C24H30N4O3. The molecule has 1 aromatic heterocycles. The Morgan fingerprint density at radius 1 is 1.23 bits per heavy atom. The van der Waals surface area contributed by atoms with Crippen molar-refractivity contribution in [3.8, 4) is 0 Å². The summed E-state index contributed by atoms with van der Waals surface area (Å²) in [5.41, 5.74) is 15.7. The number of benzene rings is 2. The van der Waals surface area contributed by atoms with Crippen LogP contribution in [0.1, 0.15) is 52.5 Å². The Labute approximate surface area is 182 Å². The van der Waals surface area contributed by atoms with E-state index in [4.69, 9.17) is 15.1 Å². The highest BCUT2D eigenvalue weighted by Gasteiger charge is 2.45. The summed E-state index contributed by atoms with van der Waals surface area (Å²) in [6.07, 6.45) is 2.39. The molecule has 1 heterocycles. The number of hydrogen-bond donors (Lipinski definition) is 2. The van der Waals surface area contributed by atoms with E-state index in [9.17, 15) is 4.79 Å². The highest BCUT2D eigenvalue weighted by atomic mass is 16.6. The number of rotatable bonds is 6. The third-order valence-corrected chi connectivity index (χ3v) is 6.15. The van der Waals surface area contributed by atoms with Crippen molar-refractivity contribution in [3.05, 3.63) is 86.2 Å². The zero-order valence-electron chi connectivity index (χ0n) is 18.6. The first kappa shape index (κ1) is 21.5. The molecule has 1 aliphatic carbocycles. The van der Waals surface area contributed by atoms with Crippen LogP contribution in [0.5, 0.6) is 0 Å². The van der Waals surface area contributed by atoms with Crippen molar-refractivity contribution in [3.63, 3.8) is 0 Å². The molecule has 7 heteroatoms. The lowest BCUT2D eigenvalue weighted by atomic mass is 9.68. The SMILES string of the molecule is CONCc1ccc2c(c1)CCc1cc(C)ccc1C2(C[C@@H](C)N)c1nc(=O)on1C. The number of nitrogens with one attached hydrogen (secondary N) is 1. The predicted molar refractivity (Wildman–Crippen MR) is 119 cm³/mol. The van der Waals surface area contributed by atoms with Crippen molar-refractivity contribution in [2.75, 3.05) is 7.11 Å². The first-order valence-electron chi connectivity index (χ1n) is 10.6. The molecule has 2 aromatic carbocycles. The zero-order chi connectivity index (χ0) is 22.2. The van der Waals surface area contributed by atoms with E-state index >= 15 is 0 Å². The lowest BCUT2D eigenvalue weighted by molar-refractivity contribution is 0.0867. The fraction of sp³-hybridized carbons (Fsp3) is 0.417. The Balaban J connectivity index is 2.05. The van der Waals surface area contributed by atoms with Crippen molar-refractivity contribution >= 4 is 0 Å². The van der Waals surface area contributed by atoms with Crippen LogP contribution in [0.15, 0.2) is 45.7 Å². The minimum absolute atomic E-state index is 0.123. The third-order valence-electron chi connectivity index (χ3n) is 6.15. The van der Waals surface area contributed by atoms with Crippen LogP contribution >= 0.6 is 0 Å². The molecule has 0 bridgehead atoms. The van der Waals surface area contributed by atoms with E-state index in [1.807, 2.05) is 6.92 Å². The summed E-state index contributed by atoms with van der Waals surface area (Å²) in [6.45, 7) is 4.71. The van der Waals surface area contributed by atoms with Gasteiger partial charge in [0, 0.05) is 19.6 Å². The molecule has 0 saturated carbocycles. The molecule has 1 unspecified atom stereocenters. The molecule has 1 aliphatic rings. The number of hydroxylamine groups is 1. The first-order chi connectivity index (χ1) is 14.8. The van der Waals surface area contributed by atoms with Gasteiger partial charge in [0.1, 0.15) is 0 Å². The van der Waals surface area contributed by atoms with E-state index in [1.54, 1.807) is 14.2 Å². The van der Waals surface area contributed by atoms with Gasteiger partial charge in [-0.25, -0.2) is 4.79 Å². The summed E-state index contributed by atoms with van der Waals surface area (Å²) in [5, 5.41) is 0. The van der Waals surface area contributed by atoms with Crippen LogP contribution in [0.25, 0.3) is 0 Å². The zero-order valence-corrected chi connectivity index (χ0v) is 18.6. The molecule has 0 saturated heterocycles. The molecule has 3 aromatic rings. The van der Waals surface area contributed by atoms with E-state index in [1.165, 1.54) is 21.4 Å². The first-order valence-corrected chi connectivity index (χ1v) is 10.6. The van der Waals surface area contributed by atoms with Crippen molar-refractivity contribution in [1.82, 2.24) is 15.2 Å². The normalized spacial score (nSPS) is 18.9. The predicted octanol–water partition coefficient (Wildman–Crippen LogP) is 2.50. The Morgan fingerprint density at radius 2 is 1.90 bits per heavy atom. The van der Waals surface area contributed by atoms with E-state index in [0.717, 1.165) is 29.5 Å². The summed E-state index contributed by atoms with van der Waals surface area (Å²) in [4.78, 5) is 21.5. The van der Waals surface area contributed by atoms with Crippen molar-refractivity contribution in [1.29, 1.82) is 0 Å². The lowest BCUT2D eigenvalue weighted by Gasteiger charge is -2.36. The summed E-state index contributed by atoms with van der Waals surface area (Å²) in [7, 11) is 3.35. The molecule has 164 valence electrons. The van der Waals surface area contributed by atoms with Gasteiger partial charge in [0.15, 0.2) is 5.82 Å². The quantitative estimate of drug-likeness (QED) is 0.593. The summed E-state index contributed by atoms with van der Waals surface area (Å²) in [6, 6.07) is 12.9. The Hall–Kier alpha value is -2.74. The largest absolute Gasteiger partial charge is 0.459 e. The average Bonchev–Trinajstić information content (AvgIpc) is 3.01. The van der Waals surface area contributed by atoms with Gasteiger partial charge in [-0.3, -0.25) is 0 Å². The Bertz CT molecular complexity index is 1150. The van der Waals surface area contributed by atoms with Crippen LogP contribution in [0.3, 0.4) is 0 Å². The maximum atomic E-state index is 12.2. The molecular weight excluding hydrogens is 392 g/mol. The highest BCUT2D eigenvalue weighted by molar-refractivity contribution is 5.56. The van der Waals surface area contributed by atoms with Crippen molar-refractivity contribution < 1.29 is 9.36 Å². The molecule has 0 amide bonds. The van der Waals surface area contributed by atoms with Gasteiger partial charge in [0.25, 0.3) is 0 Å². The fourth-order valence-corrected chi connectivity index (χ4v) is 5.03. The second-order valence-electron chi connectivity index (χ2n) is 8.55. The van der Waals surface area contributed by atoms with Gasteiger partial charge < -0.3 is 15.1 Å². The van der Waals surface area contributed by atoms with Crippen molar-refractivity contribution in [2.45, 2.75) is 51.1 Å². The standard InChI is InChI=1S/C24H30N4O3/c1-15-5-9-20-18(11-15)7-8-19-12-17(14-26-30-4)6-10-21(19)24(20,13-16(2)25)22-27-23(29)31-28(22)3/h5-6,9-12,16,26H,7-8,13-14,25H2,1-4H3/t16-,24?/m1/s1. The number of nitrogens with two attached hydrogens (primary N) is 1. The Morgan fingerprint density at radius 3 is 2.52 bits per heavy atom. The molecule has 31 heavy (non-hydrogen) atoms. The minimum Gasteiger partial charge on any atom is -0.328 e. The van der Waals surface area contributed by atoms with E-state index in [2.05, 4.69) is 53.8 Å². The second-order valence-corrected chi connectivity index (χ2v) is 8.55. The van der Waals surface area contributed by atoms with Crippen LogP contribution in [0, 0.1) is 6.92 Å². The summed E-state index contributed by atoms with van der Waals surface area (Å²) in [5.74, 6) is -0.00672. The molecule has 4 rings (SSSR count). The monoisotopic (exact) mass is 422 g/mol. The maximum Gasteiger partial charge on any atom is 0.459 e. The van der Waals surface area contributed by atoms with E-state index in [0.29, 0.717) is 18.8 Å². The summed E-state index contributed by atoms with van der Waals surface area (Å²) >= 11 is 0. The van der Waals surface area contributed by atoms with Crippen LogP contribution in [0.4, 0.5) is 0 Å². The van der Waals surface area contributed by atoms with Crippen LogP contribution in [-0.4, -0.2) is 22.9 Å². The highest BCUT2D eigenvalue weighted by Crippen LogP contribution is 2.47. The van der Waals surface area contributed by atoms with Gasteiger partial charge in [-0.1, -0.05) is 42.0 Å². The third kappa shape index (κ3) is 3.84. The van der Waals surface area contributed by atoms with Crippen LogP contribution in [0.2, 0.25) is 0 Å². The molecule has 3 N–H and O–H groups in total. The number of aromatic nitrogens is 2. The molecule has 0 aliphatic heterocycles. The van der Waals surface area contributed by atoms with Crippen LogP contribution < -0.4 is 17.0 Å². The molecule has 7 nitrogen and oxygen atoms in total. The minimum atomic E-state index is -0.683. The molecule has 2 atom stereocenters. The summed E-state index contributed by atoms with van der Waals surface area (Å²) < 4.78 is 6.83. The van der Waals surface area contributed by atoms with Gasteiger partial charge in [0.05, 0.1) is 12.5 Å². The van der Waals surface area contributed by atoms with Gasteiger partial charge >= 0.3 is 5.76 Å². The van der Waals surface area contributed by atoms with Gasteiger partial charge in [0.2, 0.25) is 0 Å². The molecule has 0 spiro atoms. The maximum absolute atomic E-state index is 12.2. The Kier molecular flexibility index (Phi) is 5.83.